The van der Waals surface area contributed by atoms with Gasteiger partial charge < -0.3 is 14.2 Å². The van der Waals surface area contributed by atoms with E-state index in [0.29, 0.717) is 48.2 Å². The Balaban J connectivity index is 1.85. The first kappa shape index (κ1) is 20.8. The number of nitrogens with zero attached hydrogens (tertiary/aromatic N) is 3. The van der Waals surface area contributed by atoms with E-state index in [9.17, 15) is 9.59 Å². The van der Waals surface area contributed by atoms with Gasteiger partial charge in [-0.2, -0.15) is 0 Å². The van der Waals surface area contributed by atoms with Crippen LogP contribution in [0.2, 0.25) is 5.02 Å². The normalized spacial score (nSPS) is 20.1. The van der Waals surface area contributed by atoms with E-state index >= 15 is 0 Å². The molecule has 6 nitrogen and oxygen atoms in total. The Labute approximate surface area is 170 Å². The number of hydrogen-bond donors (Lipinski definition) is 0. The zero-order valence-electron chi connectivity index (χ0n) is 16.9. The highest BCUT2D eigenvalue weighted by Crippen LogP contribution is 2.18. The predicted molar refractivity (Wildman–Crippen MR) is 111 cm³/mol. The van der Waals surface area contributed by atoms with Crippen molar-refractivity contribution in [1.82, 2.24) is 14.5 Å². The van der Waals surface area contributed by atoms with Crippen molar-refractivity contribution >= 4 is 28.5 Å². The summed E-state index contributed by atoms with van der Waals surface area (Å²) < 4.78 is 7.44. The van der Waals surface area contributed by atoms with E-state index in [4.69, 9.17) is 16.3 Å². The van der Waals surface area contributed by atoms with Crippen molar-refractivity contribution in [3.63, 3.8) is 0 Å². The molecule has 7 heteroatoms. The van der Waals surface area contributed by atoms with Crippen molar-refractivity contribution in [2.75, 3.05) is 13.1 Å². The number of benzene rings is 1. The van der Waals surface area contributed by atoms with Crippen LogP contribution in [0.5, 0.6) is 0 Å². The molecule has 0 aliphatic carbocycles. The van der Waals surface area contributed by atoms with Crippen LogP contribution in [0.1, 0.15) is 39.8 Å². The van der Waals surface area contributed by atoms with Crippen LogP contribution in [-0.2, 0) is 22.5 Å². The van der Waals surface area contributed by atoms with Gasteiger partial charge in [0.2, 0.25) is 5.91 Å². The monoisotopic (exact) mass is 405 g/mol. The molecule has 0 saturated carbocycles. The number of aryl methyl sites for hydroxylation is 1. The van der Waals surface area contributed by atoms with Gasteiger partial charge in [-0.1, -0.05) is 25.4 Å². The quantitative estimate of drug-likeness (QED) is 0.765. The maximum atomic E-state index is 13.0. The Morgan fingerprint density at radius 1 is 1.29 bits per heavy atom. The summed E-state index contributed by atoms with van der Waals surface area (Å²) in [6, 6.07) is 5.37. The zero-order valence-corrected chi connectivity index (χ0v) is 17.7. The second-order valence-electron chi connectivity index (χ2n) is 8.06. The molecule has 2 atom stereocenters. The van der Waals surface area contributed by atoms with Gasteiger partial charge in [0.1, 0.15) is 5.69 Å². The number of carbonyl (C=O) groups is 1. The molecular formula is C21H28ClN3O3. The minimum Gasteiger partial charge on any atom is -0.372 e. The summed E-state index contributed by atoms with van der Waals surface area (Å²) in [6.07, 6.45) is 0.627. The lowest BCUT2D eigenvalue weighted by atomic mass is 10.1. The fourth-order valence-electron chi connectivity index (χ4n) is 3.75. The van der Waals surface area contributed by atoms with Gasteiger partial charge in [-0.3, -0.25) is 9.59 Å². The lowest BCUT2D eigenvalue weighted by Gasteiger charge is -2.35. The molecule has 28 heavy (non-hydrogen) atoms. The molecule has 1 amide bonds. The average molecular weight is 406 g/mol. The van der Waals surface area contributed by atoms with Crippen molar-refractivity contribution in [2.24, 2.45) is 5.92 Å². The van der Waals surface area contributed by atoms with Gasteiger partial charge in [-0.25, -0.2) is 4.98 Å². The number of amides is 1. The SMILES string of the molecule is CC(C)Cn1c(=O)c(CCC(=O)N2C[C@@H](C)O[C@H](C)C2)nc2cc(Cl)ccc21. The van der Waals surface area contributed by atoms with Gasteiger partial charge in [-0.15, -0.1) is 0 Å². The van der Waals surface area contributed by atoms with E-state index in [-0.39, 0.29) is 30.1 Å². The topological polar surface area (TPSA) is 64.4 Å². The molecule has 1 aliphatic heterocycles. The van der Waals surface area contributed by atoms with Crippen LogP contribution in [0.4, 0.5) is 0 Å². The van der Waals surface area contributed by atoms with Crippen LogP contribution in [-0.4, -0.2) is 45.7 Å². The highest BCUT2D eigenvalue weighted by atomic mass is 35.5. The second-order valence-corrected chi connectivity index (χ2v) is 8.49. The minimum atomic E-state index is -0.125. The molecule has 1 aliphatic rings. The number of carbonyl (C=O) groups excluding carboxylic acids is 1. The Morgan fingerprint density at radius 2 is 1.96 bits per heavy atom. The standard InChI is InChI=1S/C21H28ClN3O3/c1-13(2)10-25-19-7-5-16(22)9-18(19)23-17(21(25)27)6-8-20(26)24-11-14(3)28-15(4)12-24/h5,7,9,13-15H,6,8,10-12H2,1-4H3/t14-,15-/m1/s1. The molecule has 1 aromatic heterocycles. The molecule has 0 radical (unpaired) electrons. The largest absolute Gasteiger partial charge is 0.372 e. The predicted octanol–water partition coefficient (Wildman–Crippen LogP) is 3.27. The Kier molecular flexibility index (Phi) is 6.40. The molecule has 0 N–H and O–H groups in total. The molecule has 2 aromatic rings. The third kappa shape index (κ3) is 4.73. The average Bonchev–Trinajstić information content (AvgIpc) is 2.61. The summed E-state index contributed by atoms with van der Waals surface area (Å²) in [4.78, 5) is 32.0. The van der Waals surface area contributed by atoms with Crippen LogP contribution >= 0.6 is 11.6 Å². The van der Waals surface area contributed by atoms with Crippen LogP contribution in [0.15, 0.2) is 23.0 Å². The van der Waals surface area contributed by atoms with Crippen LogP contribution in [0.3, 0.4) is 0 Å². The molecule has 0 spiro atoms. The van der Waals surface area contributed by atoms with Gasteiger partial charge in [0.25, 0.3) is 5.56 Å². The first-order chi connectivity index (χ1) is 13.2. The highest BCUT2D eigenvalue weighted by molar-refractivity contribution is 6.31. The molecule has 2 heterocycles. The summed E-state index contributed by atoms with van der Waals surface area (Å²) in [5.74, 6) is 0.342. The van der Waals surface area contributed by atoms with E-state index < -0.39 is 0 Å². The highest BCUT2D eigenvalue weighted by Gasteiger charge is 2.26. The third-order valence-electron chi connectivity index (χ3n) is 4.87. The molecule has 3 rings (SSSR count). The fraction of sp³-hybridized carbons (Fsp3) is 0.571. The van der Waals surface area contributed by atoms with Crippen LogP contribution < -0.4 is 5.56 Å². The molecule has 1 fully saturated rings. The number of ether oxygens (including phenoxy) is 1. The first-order valence-electron chi connectivity index (χ1n) is 9.86. The van der Waals surface area contributed by atoms with E-state index in [1.807, 2.05) is 24.8 Å². The van der Waals surface area contributed by atoms with Crippen LogP contribution in [0.25, 0.3) is 11.0 Å². The number of morpholine rings is 1. The number of rotatable bonds is 5. The zero-order chi connectivity index (χ0) is 20.4. The Bertz CT molecular complexity index is 915. The smallest absolute Gasteiger partial charge is 0.272 e. The summed E-state index contributed by atoms with van der Waals surface area (Å²) >= 11 is 6.13. The van der Waals surface area contributed by atoms with Gasteiger partial charge in [-0.05, 0) is 38.0 Å². The van der Waals surface area contributed by atoms with Crippen molar-refractivity contribution in [3.8, 4) is 0 Å². The fourth-order valence-corrected chi connectivity index (χ4v) is 3.91. The molecule has 152 valence electrons. The lowest BCUT2D eigenvalue weighted by molar-refractivity contribution is -0.143. The van der Waals surface area contributed by atoms with E-state index in [2.05, 4.69) is 18.8 Å². The number of fused-ring (bicyclic) bond motifs is 1. The van der Waals surface area contributed by atoms with Gasteiger partial charge in [0.05, 0.1) is 23.2 Å². The summed E-state index contributed by atoms with van der Waals surface area (Å²) in [6.45, 7) is 9.84. The summed E-state index contributed by atoms with van der Waals surface area (Å²) in [5, 5.41) is 0.577. The van der Waals surface area contributed by atoms with E-state index in [1.54, 1.807) is 16.7 Å². The van der Waals surface area contributed by atoms with Gasteiger partial charge in [0.15, 0.2) is 0 Å². The van der Waals surface area contributed by atoms with Gasteiger partial charge in [0, 0.05) is 37.5 Å². The molecule has 0 bridgehead atoms. The molecule has 1 saturated heterocycles. The van der Waals surface area contributed by atoms with Crippen molar-refractivity contribution in [2.45, 2.75) is 59.3 Å². The lowest BCUT2D eigenvalue weighted by Crippen LogP contribution is -2.48. The van der Waals surface area contributed by atoms with E-state index in [1.165, 1.54) is 0 Å². The van der Waals surface area contributed by atoms with Gasteiger partial charge >= 0.3 is 0 Å². The minimum absolute atomic E-state index is 0.0249. The van der Waals surface area contributed by atoms with Crippen LogP contribution in [0, 0.1) is 5.92 Å². The second kappa shape index (κ2) is 8.62. The number of halogens is 1. The Morgan fingerprint density at radius 3 is 2.61 bits per heavy atom. The maximum absolute atomic E-state index is 13.0. The molecule has 1 aromatic carbocycles. The molecule has 0 unspecified atom stereocenters. The third-order valence-corrected chi connectivity index (χ3v) is 5.11. The van der Waals surface area contributed by atoms with Crippen molar-refractivity contribution in [3.05, 3.63) is 39.3 Å². The van der Waals surface area contributed by atoms with Crippen molar-refractivity contribution < 1.29 is 9.53 Å². The maximum Gasteiger partial charge on any atom is 0.272 e. The van der Waals surface area contributed by atoms with E-state index in [0.717, 1.165) is 5.52 Å². The Hall–Kier alpha value is -1.92. The summed E-state index contributed by atoms with van der Waals surface area (Å²) in [5.41, 5.74) is 1.75. The first-order valence-corrected chi connectivity index (χ1v) is 10.2. The van der Waals surface area contributed by atoms with Crippen molar-refractivity contribution in [1.29, 1.82) is 0 Å². The number of hydrogen-bond acceptors (Lipinski definition) is 4. The summed E-state index contributed by atoms with van der Waals surface area (Å²) in [7, 11) is 0. The molecular weight excluding hydrogens is 378 g/mol. The number of aromatic nitrogens is 2.